The second-order valence-corrected chi connectivity index (χ2v) is 3.59. The van der Waals surface area contributed by atoms with Gasteiger partial charge in [0.15, 0.2) is 0 Å². The Hall–Kier alpha value is -0.675. The Morgan fingerprint density at radius 3 is 2.54 bits per heavy atom. The van der Waals surface area contributed by atoms with Gasteiger partial charge in [-0.1, -0.05) is 28.1 Å². The third-order valence-corrected chi connectivity index (χ3v) is 1.94. The molecule has 0 heterocycles. The predicted octanol–water partition coefficient (Wildman–Crippen LogP) is 2.51. The van der Waals surface area contributed by atoms with Crippen molar-refractivity contribution in [3.8, 4) is 0 Å². The van der Waals surface area contributed by atoms with Crippen molar-refractivity contribution in [3.63, 3.8) is 0 Å². The Kier molecular flexibility index (Phi) is 4.11. The van der Waals surface area contributed by atoms with E-state index in [1.165, 1.54) is 0 Å². The van der Waals surface area contributed by atoms with E-state index in [1.54, 1.807) is 6.82 Å². The van der Waals surface area contributed by atoms with Crippen LogP contribution >= 0.6 is 15.9 Å². The van der Waals surface area contributed by atoms with Crippen molar-refractivity contribution >= 4 is 23.0 Å². The molecule has 0 saturated heterocycles. The molecule has 0 aliphatic rings. The molecule has 1 aromatic carbocycles. The van der Waals surface area contributed by atoms with E-state index < -0.39 is 7.05 Å². The molecule has 3 nitrogen and oxygen atoms in total. The zero-order valence-electron chi connectivity index (χ0n) is 7.31. The fourth-order valence-electron chi connectivity index (χ4n) is 0.830. The van der Waals surface area contributed by atoms with Crippen molar-refractivity contribution in [2.24, 2.45) is 10.1 Å². The molecule has 0 bridgehead atoms. The van der Waals surface area contributed by atoms with Crippen LogP contribution < -0.4 is 0 Å². The summed E-state index contributed by atoms with van der Waals surface area (Å²) in [5.74, 6) is 0. The molecule has 1 N–H and O–H groups in total. The third kappa shape index (κ3) is 4.19. The topological polar surface area (TPSA) is 45.0 Å². The number of nitrogens with zero attached hydrogens (tertiary/aromatic N) is 2. The maximum atomic E-state index is 8.81. The summed E-state index contributed by atoms with van der Waals surface area (Å²) >= 11 is 3.34. The van der Waals surface area contributed by atoms with Gasteiger partial charge in [-0.3, -0.25) is 0 Å². The van der Waals surface area contributed by atoms with Gasteiger partial charge in [0, 0.05) is 4.47 Å². The summed E-state index contributed by atoms with van der Waals surface area (Å²) in [4.78, 5) is 0. The number of hydrogen-bond donors (Lipinski definition) is 1. The molecule has 0 unspecified atom stereocenters. The minimum absolute atomic E-state index is 0.512. The van der Waals surface area contributed by atoms with Gasteiger partial charge in [-0.05, 0) is 24.5 Å². The van der Waals surface area contributed by atoms with Crippen LogP contribution in [-0.2, 0) is 6.54 Å². The molecule has 0 fully saturated rings. The fourth-order valence-corrected chi connectivity index (χ4v) is 1.09. The normalized spacial score (nSPS) is 10.7. The van der Waals surface area contributed by atoms with Gasteiger partial charge in [0.05, 0.1) is 6.54 Å². The highest BCUT2D eigenvalue weighted by molar-refractivity contribution is 9.10. The quantitative estimate of drug-likeness (QED) is 0.641. The number of halogens is 1. The van der Waals surface area contributed by atoms with Crippen molar-refractivity contribution in [3.05, 3.63) is 34.3 Å². The van der Waals surface area contributed by atoms with E-state index in [0.717, 1.165) is 10.0 Å². The lowest BCUT2D eigenvalue weighted by Crippen LogP contribution is -1.98. The minimum atomic E-state index is -0.713. The summed E-state index contributed by atoms with van der Waals surface area (Å²) < 4.78 is 1.05. The van der Waals surface area contributed by atoms with Crippen LogP contribution in [0.15, 0.2) is 38.9 Å². The molecule has 0 aliphatic carbocycles. The average Bonchev–Trinajstić information content (AvgIpc) is 2.08. The number of rotatable bonds is 3. The van der Waals surface area contributed by atoms with E-state index in [4.69, 9.17) is 5.02 Å². The van der Waals surface area contributed by atoms with Crippen molar-refractivity contribution in [2.45, 2.75) is 13.4 Å². The van der Waals surface area contributed by atoms with Crippen LogP contribution in [0.1, 0.15) is 5.56 Å². The standard InChI is InChI=1S/C8H10BBrN2O/c1-9(13)12-11-6-7-2-4-8(10)5-3-7/h2-5,13H,6H2,1H3. The van der Waals surface area contributed by atoms with Gasteiger partial charge in [-0.2, -0.15) is 0 Å². The Bertz CT molecular complexity index is 287. The molecule has 0 aromatic heterocycles. The summed E-state index contributed by atoms with van der Waals surface area (Å²) in [7, 11) is -0.713. The Labute approximate surface area is 86.2 Å². The van der Waals surface area contributed by atoms with Gasteiger partial charge in [0.1, 0.15) is 0 Å². The lowest BCUT2D eigenvalue weighted by atomic mass is 9.92. The van der Waals surface area contributed by atoms with Gasteiger partial charge in [0.2, 0.25) is 0 Å². The maximum absolute atomic E-state index is 8.81. The summed E-state index contributed by atoms with van der Waals surface area (Å²) in [6.45, 7) is 2.09. The van der Waals surface area contributed by atoms with Gasteiger partial charge in [-0.25, -0.2) is 10.1 Å². The second kappa shape index (κ2) is 5.14. The molecule has 0 radical (unpaired) electrons. The first-order chi connectivity index (χ1) is 6.18. The molecule has 1 rings (SSSR count). The zero-order chi connectivity index (χ0) is 9.68. The molecule has 0 amide bonds. The summed E-state index contributed by atoms with van der Waals surface area (Å²) in [5, 5.41) is 16.2. The van der Waals surface area contributed by atoms with Crippen LogP contribution in [0.4, 0.5) is 0 Å². The molecule has 0 saturated carbocycles. The maximum Gasteiger partial charge on any atom is 0.450 e. The first kappa shape index (κ1) is 10.4. The van der Waals surface area contributed by atoms with E-state index in [2.05, 4.69) is 26.1 Å². The molecular formula is C8H10BBrN2O. The van der Waals surface area contributed by atoms with Gasteiger partial charge >= 0.3 is 7.05 Å². The second-order valence-electron chi connectivity index (χ2n) is 2.67. The van der Waals surface area contributed by atoms with E-state index in [-0.39, 0.29) is 0 Å². The van der Waals surface area contributed by atoms with Gasteiger partial charge in [-0.15, -0.1) is 0 Å². The van der Waals surface area contributed by atoms with E-state index in [0.29, 0.717) is 6.54 Å². The predicted molar refractivity (Wildman–Crippen MR) is 56.5 cm³/mol. The Balaban J connectivity index is 2.50. The Morgan fingerprint density at radius 2 is 2.00 bits per heavy atom. The smallest absolute Gasteiger partial charge is 0.430 e. The molecule has 0 spiro atoms. The summed E-state index contributed by atoms with van der Waals surface area (Å²) in [6.07, 6.45) is 0. The van der Waals surface area contributed by atoms with Crippen molar-refractivity contribution in [2.75, 3.05) is 0 Å². The van der Waals surface area contributed by atoms with Crippen LogP contribution in [0.5, 0.6) is 0 Å². The number of benzene rings is 1. The van der Waals surface area contributed by atoms with Crippen LogP contribution in [0.3, 0.4) is 0 Å². The van der Waals surface area contributed by atoms with Crippen LogP contribution in [0, 0.1) is 0 Å². The third-order valence-electron chi connectivity index (χ3n) is 1.42. The lowest BCUT2D eigenvalue weighted by Gasteiger charge is -1.95. The van der Waals surface area contributed by atoms with Crippen LogP contribution in [-0.4, -0.2) is 12.1 Å². The highest BCUT2D eigenvalue weighted by Crippen LogP contribution is 2.11. The largest absolute Gasteiger partial charge is 0.450 e. The highest BCUT2D eigenvalue weighted by Gasteiger charge is 1.97. The minimum Gasteiger partial charge on any atom is -0.430 e. The van der Waals surface area contributed by atoms with E-state index in [1.807, 2.05) is 24.3 Å². The summed E-state index contributed by atoms with van der Waals surface area (Å²) in [6, 6.07) is 7.83. The first-order valence-corrected chi connectivity index (χ1v) is 4.77. The zero-order valence-corrected chi connectivity index (χ0v) is 8.90. The molecule has 1 aromatic rings. The van der Waals surface area contributed by atoms with Gasteiger partial charge < -0.3 is 5.02 Å². The number of hydrogen-bond acceptors (Lipinski definition) is 3. The highest BCUT2D eigenvalue weighted by atomic mass is 79.9. The first-order valence-electron chi connectivity index (χ1n) is 3.97. The van der Waals surface area contributed by atoms with Crippen molar-refractivity contribution in [1.82, 2.24) is 0 Å². The molecule has 0 aliphatic heterocycles. The molecule has 68 valence electrons. The van der Waals surface area contributed by atoms with E-state index in [9.17, 15) is 0 Å². The fraction of sp³-hybridized carbons (Fsp3) is 0.250. The van der Waals surface area contributed by atoms with Crippen LogP contribution in [0.2, 0.25) is 6.82 Å². The molecule has 0 atom stereocenters. The Morgan fingerprint density at radius 1 is 1.38 bits per heavy atom. The van der Waals surface area contributed by atoms with Crippen molar-refractivity contribution in [1.29, 1.82) is 0 Å². The SMILES string of the molecule is CB(O)N=NCc1ccc(Br)cc1. The lowest BCUT2D eigenvalue weighted by molar-refractivity contribution is 0.575. The van der Waals surface area contributed by atoms with E-state index >= 15 is 0 Å². The molecule has 13 heavy (non-hydrogen) atoms. The average molecular weight is 241 g/mol. The molecule has 5 heteroatoms. The van der Waals surface area contributed by atoms with Crippen molar-refractivity contribution < 1.29 is 5.02 Å². The van der Waals surface area contributed by atoms with Gasteiger partial charge in [0.25, 0.3) is 0 Å². The monoisotopic (exact) mass is 240 g/mol. The molecular weight excluding hydrogens is 231 g/mol. The summed E-state index contributed by atoms with van der Waals surface area (Å²) in [5.41, 5.74) is 1.08. The van der Waals surface area contributed by atoms with Crippen LogP contribution in [0.25, 0.3) is 0 Å².